The van der Waals surface area contributed by atoms with Gasteiger partial charge in [-0.05, 0) is 31.6 Å². The second-order valence-corrected chi connectivity index (χ2v) is 5.35. The number of hydrogen-bond acceptors (Lipinski definition) is 3. The molecule has 0 saturated heterocycles. The fourth-order valence-corrected chi connectivity index (χ4v) is 2.67. The van der Waals surface area contributed by atoms with Crippen molar-refractivity contribution in [1.82, 2.24) is 4.72 Å². The molecule has 0 spiro atoms. The molecular formula is C12H19NO2S. The van der Waals surface area contributed by atoms with Gasteiger partial charge in [-0.25, -0.2) is 0 Å². The molecule has 4 heteroatoms. The Bertz CT molecular complexity index is 289. The molecule has 0 heterocycles. The molecule has 0 aromatic carbocycles. The minimum absolute atomic E-state index is 0.0636. The van der Waals surface area contributed by atoms with Crippen LogP contribution in [0.2, 0.25) is 0 Å². The lowest BCUT2D eigenvalue weighted by Gasteiger charge is -2.13. The summed E-state index contributed by atoms with van der Waals surface area (Å²) in [6, 6.07) is 0. The first-order chi connectivity index (χ1) is 7.71. The summed E-state index contributed by atoms with van der Waals surface area (Å²) in [6.45, 7) is 5.85. The van der Waals surface area contributed by atoms with E-state index >= 15 is 0 Å². The van der Waals surface area contributed by atoms with Crippen LogP contribution in [0.3, 0.4) is 0 Å². The maximum absolute atomic E-state index is 11.6. The SMILES string of the molecule is C=C[C@@H]1C[C@@H]1C(=O)NSOC1(CCC)CC1. The Balaban J connectivity index is 1.61. The molecule has 90 valence electrons. The van der Waals surface area contributed by atoms with E-state index in [1.165, 1.54) is 0 Å². The number of rotatable bonds is 7. The third kappa shape index (κ3) is 2.80. The van der Waals surface area contributed by atoms with Gasteiger partial charge in [0.1, 0.15) is 12.2 Å². The predicted octanol–water partition coefficient (Wildman–Crippen LogP) is 2.84. The Morgan fingerprint density at radius 3 is 2.94 bits per heavy atom. The summed E-state index contributed by atoms with van der Waals surface area (Å²) >= 11 is 1.12. The standard InChI is InChI=1S/C12H19NO2S/c1-3-5-12(6-7-12)15-16-13-11(14)10-8-9(10)4-2/h4,9-10H,2-3,5-8H2,1H3,(H,13,14)/t9-,10+/m1/s1. The zero-order valence-corrected chi connectivity index (χ0v) is 10.5. The van der Waals surface area contributed by atoms with E-state index in [0.717, 1.165) is 44.3 Å². The van der Waals surface area contributed by atoms with Gasteiger partial charge in [0.25, 0.3) is 0 Å². The van der Waals surface area contributed by atoms with Crippen molar-refractivity contribution in [1.29, 1.82) is 0 Å². The number of allylic oxidation sites excluding steroid dienone is 1. The summed E-state index contributed by atoms with van der Waals surface area (Å²) in [5, 5.41) is 0. The Kier molecular flexibility index (Phi) is 3.60. The van der Waals surface area contributed by atoms with E-state index in [1.54, 1.807) is 0 Å². The van der Waals surface area contributed by atoms with Crippen molar-refractivity contribution in [3.63, 3.8) is 0 Å². The molecule has 2 saturated carbocycles. The average Bonchev–Trinajstić information content (AvgIpc) is 3.12. The van der Waals surface area contributed by atoms with Crippen LogP contribution < -0.4 is 4.72 Å². The molecule has 2 rings (SSSR count). The molecular weight excluding hydrogens is 222 g/mol. The number of amides is 1. The van der Waals surface area contributed by atoms with Gasteiger partial charge in [0.05, 0.1) is 5.60 Å². The maximum Gasteiger partial charge on any atom is 0.235 e. The van der Waals surface area contributed by atoms with Gasteiger partial charge in [0.2, 0.25) is 5.91 Å². The van der Waals surface area contributed by atoms with Crippen molar-refractivity contribution < 1.29 is 8.98 Å². The molecule has 2 aliphatic rings. The van der Waals surface area contributed by atoms with Crippen LogP contribution in [0.25, 0.3) is 0 Å². The number of nitrogens with one attached hydrogen (secondary N) is 1. The molecule has 16 heavy (non-hydrogen) atoms. The minimum Gasteiger partial charge on any atom is -0.290 e. The Morgan fingerprint density at radius 1 is 1.69 bits per heavy atom. The smallest absolute Gasteiger partial charge is 0.235 e. The van der Waals surface area contributed by atoms with E-state index in [-0.39, 0.29) is 17.4 Å². The molecule has 2 fully saturated rings. The molecule has 0 aromatic heterocycles. The van der Waals surface area contributed by atoms with E-state index in [0.29, 0.717) is 5.92 Å². The van der Waals surface area contributed by atoms with Gasteiger partial charge in [-0.15, -0.1) is 6.58 Å². The Labute approximate surface area is 101 Å². The third-order valence-corrected chi connectivity index (χ3v) is 4.07. The number of carbonyl (C=O) groups excluding carboxylic acids is 1. The van der Waals surface area contributed by atoms with E-state index in [4.69, 9.17) is 4.18 Å². The van der Waals surface area contributed by atoms with Gasteiger partial charge < -0.3 is 0 Å². The first-order valence-electron chi connectivity index (χ1n) is 5.98. The summed E-state index contributed by atoms with van der Waals surface area (Å²) in [7, 11) is 0. The van der Waals surface area contributed by atoms with Gasteiger partial charge in [-0.3, -0.25) is 13.7 Å². The van der Waals surface area contributed by atoms with Crippen molar-refractivity contribution in [3.05, 3.63) is 12.7 Å². The first-order valence-corrected chi connectivity index (χ1v) is 6.72. The van der Waals surface area contributed by atoms with Crippen molar-refractivity contribution >= 4 is 18.1 Å². The van der Waals surface area contributed by atoms with Crippen LogP contribution in [-0.4, -0.2) is 11.5 Å². The van der Waals surface area contributed by atoms with Crippen LogP contribution in [-0.2, 0) is 8.98 Å². The van der Waals surface area contributed by atoms with Crippen LogP contribution in [0, 0.1) is 11.8 Å². The largest absolute Gasteiger partial charge is 0.290 e. The monoisotopic (exact) mass is 241 g/mol. The van der Waals surface area contributed by atoms with Gasteiger partial charge in [0.15, 0.2) is 0 Å². The van der Waals surface area contributed by atoms with Crippen LogP contribution >= 0.6 is 12.2 Å². The lowest BCUT2D eigenvalue weighted by molar-refractivity contribution is -0.120. The molecule has 2 aliphatic carbocycles. The zero-order chi connectivity index (χ0) is 11.6. The lowest BCUT2D eigenvalue weighted by atomic mass is 10.2. The third-order valence-electron chi connectivity index (χ3n) is 3.35. The van der Waals surface area contributed by atoms with E-state index in [1.807, 2.05) is 6.08 Å². The molecule has 2 atom stereocenters. The topological polar surface area (TPSA) is 38.3 Å². The lowest BCUT2D eigenvalue weighted by Crippen LogP contribution is -2.21. The fourth-order valence-electron chi connectivity index (χ4n) is 1.97. The molecule has 1 N–H and O–H groups in total. The van der Waals surface area contributed by atoms with Crippen LogP contribution in [0.4, 0.5) is 0 Å². The minimum atomic E-state index is 0.0636. The highest BCUT2D eigenvalue weighted by Crippen LogP contribution is 2.46. The summed E-state index contributed by atoms with van der Waals surface area (Å²) < 4.78 is 8.43. The molecule has 0 aromatic rings. The fraction of sp³-hybridized carbons (Fsp3) is 0.750. The van der Waals surface area contributed by atoms with Gasteiger partial charge in [-0.2, -0.15) is 0 Å². The number of carbonyl (C=O) groups is 1. The first kappa shape index (κ1) is 12.0. The normalized spacial score (nSPS) is 29.6. The van der Waals surface area contributed by atoms with Crippen LogP contribution in [0.5, 0.6) is 0 Å². The van der Waals surface area contributed by atoms with E-state index < -0.39 is 0 Å². The second kappa shape index (κ2) is 4.80. The van der Waals surface area contributed by atoms with Crippen molar-refractivity contribution in [2.24, 2.45) is 11.8 Å². The van der Waals surface area contributed by atoms with Crippen LogP contribution in [0.1, 0.15) is 39.0 Å². The molecule has 0 aliphatic heterocycles. The van der Waals surface area contributed by atoms with Gasteiger partial charge in [-0.1, -0.05) is 19.4 Å². The molecule has 1 amide bonds. The predicted molar refractivity (Wildman–Crippen MR) is 65.5 cm³/mol. The molecule has 0 unspecified atom stereocenters. The highest BCUT2D eigenvalue weighted by atomic mass is 32.2. The van der Waals surface area contributed by atoms with E-state index in [2.05, 4.69) is 18.2 Å². The van der Waals surface area contributed by atoms with Gasteiger partial charge >= 0.3 is 0 Å². The highest BCUT2D eigenvalue weighted by Gasteiger charge is 2.45. The molecule has 0 bridgehead atoms. The zero-order valence-electron chi connectivity index (χ0n) is 9.70. The number of hydrogen-bond donors (Lipinski definition) is 1. The summed E-state index contributed by atoms with van der Waals surface area (Å²) in [4.78, 5) is 11.6. The summed E-state index contributed by atoms with van der Waals surface area (Å²) in [5.74, 6) is 0.600. The Morgan fingerprint density at radius 2 is 2.44 bits per heavy atom. The molecule has 3 nitrogen and oxygen atoms in total. The maximum atomic E-state index is 11.6. The van der Waals surface area contributed by atoms with E-state index in [9.17, 15) is 4.79 Å². The quantitative estimate of drug-likeness (QED) is 0.423. The average molecular weight is 241 g/mol. The highest BCUT2D eigenvalue weighted by molar-refractivity contribution is 7.93. The van der Waals surface area contributed by atoms with Crippen molar-refractivity contribution in [2.75, 3.05) is 0 Å². The summed E-state index contributed by atoms with van der Waals surface area (Å²) in [5.41, 5.74) is 0.0636. The summed E-state index contributed by atoms with van der Waals surface area (Å²) in [6.07, 6.45) is 7.28. The van der Waals surface area contributed by atoms with Crippen LogP contribution in [0.15, 0.2) is 12.7 Å². The van der Waals surface area contributed by atoms with Crippen molar-refractivity contribution in [2.45, 2.75) is 44.6 Å². The van der Waals surface area contributed by atoms with Crippen molar-refractivity contribution in [3.8, 4) is 0 Å². The Hall–Kier alpha value is -0.480. The second-order valence-electron chi connectivity index (χ2n) is 4.81. The molecule has 0 radical (unpaired) electrons. The van der Waals surface area contributed by atoms with Gasteiger partial charge in [0, 0.05) is 5.92 Å².